The molecule has 1 aromatic heterocycles. The van der Waals surface area contributed by atoms with Gasteiger partial charge in [0, 0.05) is 29.6 Å². The molecule has 0 saturated heterocycles. The Hall–Kier alpha value is -1.32. The maximum Gasteiger partial charge on any atom is 0.134 e. The van der Waals surface area contributed by atoms with Crippen LogP contribution in [-0.4, -0.2) is 31.1 Å². The average Bonchev–Trinajstić information content (AvgIpc) is 3.05. The molecule has 3 nitrogen and oxygen atoms in total. The molecule has 0 radical (unpaired) electrons. The Bertz CT molecular complexity index is 609. The van der Waals surface area contributed by atoms with E-state index in [0.29, 0.717) is 5.54 Å². The van der Waals surface area contributed by atoms with Crippen molar-refractivity contribution in [1.29, 1.82) is 0 Å². The second-order valence-corrected chi connectivity index (χ2v) is 6.56. The Kier molecular flexibility index (Phi) is 4.05. The number of furan rings is 1. The summed E-state index contributed by atoms with van der Waals surface area (Å²) in [6.45, 7) is 4.01. The lowest BCUT2D eigenvalue weighted by atomic mass is 9.96. The molecule has 0 bridgehead atoms. The number of likely N-dealkylation sites (N-methyl/N-ethyl adjacent to an activating group) is 1. The van der Waals surface area contributed by atoms with Gasteiger partial charge in [0.1, 0.15) is 11.3 Å². The van der Waals surface area contributed by atoms with Crippen molar-refractivity contribution in [2.45, 2.75) is 44.7 Å². The summed E-state index contributed by atoms with van der Waals surface area (Å²) < 4.78 is 5.84. The summed E-state index contributed by atoms with van der Waals surface area (Å²) in [5, 5.41) is 4.93. The second-order valence-electron chi connectivity index (χ2n) is 6.56. The van der Waals surface area contributed by atoms with E-state index in [9.17, 15) is 0 Å². The maximum atomic E-state index is 5.84. The van der Waals surface area contributed by atoms with Gasteiger partial charge in [-0.3, -0.25) is 0 Å². The summed E-state index contributed by atoms with van der Waals surface area (Å²) in [4.78, 5) is 2.41. The van der Waals surface area contributed by atoms with Gasteiger partial charge in [-0.1, -0.05) is 31.0 Å². The van der Waals surface area contributed by atoms with Crippen LogP contribution in [0.5, 0.6) is 0 Å². The van der Waals surface area contributed by atoms with Crippen molar-refractivity contribution in [2.75, 3.05) is 20.6 Å². The van der Waals surface area contributed by atoms with E-state index in [-0.39, 0.29) is 0 Å². The number of nitrogens with zero attached hydrogens (tertiary/aromatic N) is 1. The van der Waals surface area contributed by atoms with Crippen LogP contribution in [0.4, 0.5) is 0 Å². The van der Waals surface area contributed by atoms with E-state index in [1.807, 2.05) is 12.1 Å². The van der Waals surface area contributed by atoms with E-state index in [0.717, 1.165) is 24.4 Å². The third-order valence-corrected chi connectivity index (χ3v) is 5.14. The van der Waals surface area contributed by atoms with Gasteiger partial charge in [-0.2, -0.15) is 0 Å². The van der Waals surface area contributed by atoms with Crippen molar-refractivity contribution < 1.29 is 4.42 Å². The summed E-state index contributed by atoms with van der Waals surface area (Å²) in [6, 6.07) is 8.31. The monoisotopic (exact) mass is 286 g/mol. The molecule has 1 aromatic carbocycles. The first-order valence-corrected chi connectivity index (χ1v) is 7.97. The van der Waals surface area contributed by atoms with E-state index in [1.165, 1.54) is 36.6 Å². The van der Waals surface area contributed by atoms with Gasteiger partial charge in [0.2, 0.25) is 0 Å². The predicted octanol–water partition coefficient (Wildman–Crippen LogP) is 3.71. The van der Waals surface area contributed by atoms with Crippen LogP contribution in [0.15, 0.2) is 28.7 Å². The molecule has 3 rings (SSSR count). The van der Waals surface area contributed by atoms with Crippen molar-refractivity contribution in [3.63, 3.8) is 0 Å². The van der Waals surface area contributed by atoms with Crippen molar-refractivity contribution in [1.82, 2.24) is 10.2 Å². The first-order chi connectivity index (χ1) is 10.1. The Balaban J connectivity index is 1.71. The largest absolute Gasteiger partial charge is 0.461 e. The minimum Gasteiger partial charge on any atom is -0.461 e. The van der Waals surface area contributed by atoms with E-state index in [1.54, 1.807) is 0 Å². The lowest BCUT2D eigenvalue weighted by molar-refractivity contribution is 0.153. The van der Waals surface area contributed by atoms with E-state index < -0.39 is 0 Å². The van der Waals surface area contributed by atoms with Crippen LogP contribution in [0.25, 0.3) is 11.0 Å². The molecule has 2 aromatic rings. The van der Waals surface area contributed by atoms with Crippen LogP contribution in [0.1, 0.15) is 37.0 Å². The highest BCUT2D eigenvalue weighted by molar-refractivity contribution is 5.82. The van der Waals surface area contributed by atoms with Crippen LogP contribution < -0.4 is 5.32 Å². The van der Waals surface area contributed by atoms with Gasteiger partial charge >= 0.3 is 0 Å². The van der Waals surface area contributed by atoms with Crippen molar-refractivity contribution in [2.24, 2.45) is 0 Å². The highest BCUT2D eigenvalue weighted by atomic mass is 16.3. The molecule has 0 atom stereocenters. The molecule has 21 heavy (non-hydrogen) atoms. The van der Waals surface area contributed by atoms with E-state index in [2.05, 4.69) is 43.4 Å². The number of benzene rings is 1. The number of aryl methyl sites for hydroxylation is 1. The van der Waals surface area contributed by atoms with E-state index in [4.69, 9.17) is 4.42 Å². The van der Waals surface area contributed by atoms with Gasteiger partial charge in [-0.25, -0.2) is 0 Å². The van der Waals surface area contributed by atoms with Gasteiger partial charge in [-0.05, 0) is 39.9 Å². The fraction of sp³-hybridized carbons (Fsp3) is 0.556. The van der Waals surface area contributed by atoms with Gasteiger partial charge < -0.3 is 14.6 Å². The third-order valence-electron chi connectivity index (χ3n) is 5.14. The number of hydrogen-bond acceptors (Lipinski definition) is 3. The zero-order valence-electron chi connectivity index (χ0n) is 13.4. The van der Waals surface area contributed by atoms with Gasteiger partial charge in [-0.15, -0.1) is 0 Å². The first kappa shape index (κ1) is 14.6. The highest BCUT2D eigenvalue weighted by Gasteiger charge is 2.35. The second kappa shape index (κ2) is 5.82. The van der Waals surface area contributed by atoms with Crippen LogP contribution >= 0.6 is 0 Å². The van der Waals surface area contributed by atoms with Crippen LogP contribution in [-0.2, 0) is 6.54 Å². The molecule has 1 saturated carbocycles. The highest BCUT2D eigenvalue weighted by Crippen LogP contribution is 2.33. The molecule has 1 aliphatic carbocycles. The Morgan fingerprint density at radius 3 is 2.62 bits per heavy atom. The molecule has 1 fully saturated rings. The van der Waals surface area contributed by atoms with Crippen molar-refractivity contribution in [3.8, 4) is 0 Å². The zero-order valence-corrected chi connectivity index (χ0v) is 13.4. The molecule has 3 heteroatoms. The van der Waals surface area contributed by atoms with Crippen molar-refractivity contribution in [3.05, 3.63) is 35.6 Å². The van der Waals surface area contributed by atoms with Crippen LogP contribution in [0.3, 0.4) is 0 Å². The number of para-hydroxylation sites is 1. The standard InChI is InChI=1S/C18H26N2O/c1-14-16(15-8-4-5-9-17(15)21-14)12-19-13-18(20(2)3)10-6-7-11-18/h4-5,8-9,19H,6-7,10-13H2,1-3H3. The number of nitrogens with one attached hydrogen (secondary N) is 1. The van der Waals surface area contributed by atoms with Crippen LogP contribution in [0, 0.1) is 6.92 Å². The topological polar surface area (TPSA) is 28.4 Å². The number of rotatable bonds is 5. The summed E-state index contributed by atoms with van der Waals surface area (Å²) in [5.74, 6) is 1.04. The minimum atomic E-state index is 0.341. The molecule has 0 spiro atoms. The zero-order chi connectivity index (χ0) is 14.9. The number of fused-ring (bicyclic) bond motifs is 1. The fourth-order valence-electron chi connectivity index (χ4n) is 3.68. The Labute approximate surface area is 127 Å². The molecular weight excluding hydrogens is 260 g/mol. The first-order valence-electron chi connectivity index (χ1n) is 7.97. The Morgan fingerprint density at radius 1 is 1.19 bits per heavy atom. The molecule has 1 aliphatic rings. The fourth-order valence-corrected chi connectivity index (χ4v) is 3.68. The molecule has 114 valence electrons. The SMILES string of the molecule is Cc1oc2ccccc2c1CNCC1(N(C)C)CCCC1. The van der Waals surface area contributed by atoms with Gasteiger partial charge in [0.05, 0.1) is 0 Å². The summed E-state index contributed by atoms with van der Waals surface area (Å²) >= 11 is 0. The summed E-state index contributed by atoms with van der Waals surface area (Å²) in [7, 11) is 4.43. The van der Waals surface area contributed by atoms with Crippen molar-refractivity contribution >= 4 is 11.0 Å². The molecule has 0 amide bonds. The lowest BCUT2D eigenvalue weighted by Crippen LogP contribution is -2.49. The van der Waals surface area contributed by atoms with E-state index >= 15 is 0 Å². The maximum absolute atomic E-state index is 5.84. The quantitative estimate of drug-likeness (QED) is 0.908. The molecule has 0 aliphatic heterocycles. The minimum absolute atomic E-state index is 0.341. The van der Waals surface area contributed by atoms with Gasteiger partial charge in [0.25, 0.3) is 0 Å². The average molecular weight is 286 g/mol. The normalized spacial score (nSPS) is 17.9. The molecule has 1 heterocycles. The molecule has 1 N–H and O–H groups in total. The summed E-state index contributed by atoms with van der Waals surface area (Å²) in [5.41, 5.74) is 2.64. The van der Waals surface area contributed by atoms with Crippen LogP contribution in [0.2, 0.25) is 0 Å². The predicted molar refractivity (Wildman–Crippen MR) is 87.5 cm³/mol. The smallest absolute Gasteiger partial charge is 0.134 e. The summed E-state index contributed by atoms with van der Waals surface area (Å²) in [6.07, 6.45) is 5.32. The number of hydrogen-bond donors (Lipinski definition) is 1. The molecular formula is C18H26N2O. The Morgan fingerprint density at radius 2 is 1.90 bits per heavy atom. The lowest BCUT2D eigenvalue weighted by Gasteiger charge is -2.36. The molecule has 0 unspecified atom stereocenters. The third kappa shape index (κ3) is 2.72. The van der Waals surface area contributed by atoms with Gasteiger partial charge in [0.15, 0.2) is 0 Å².